The molecular weight excluding hydrogens is 166 g/mol. The number of carbonyl (C=O) groups is 1. The molecule has 0 radical (unpaired) electrons. The Bertz CT molecular complexity index is 128. The molecule has 0 aromatic heterocycles. The van der Waals surface area contributed by atoms with Gasteiger partial charge in [-0.15, -0.1) is 0 Å². The van der Waals surface area contributed by atoms with Crippen LogP contribution in [0, 0.1) is 5.92 Å². The Balaban J connectivity index is 3.92. The zero-order valence-corrected chi connectivity index (χ0v) is 7.81. The molecule has 0 amide bonds. The second-order valence-corrected chi connectivity index (χ2v) is 2.80. The van der Waals surface area contributed by atoms with Crippen LogP contribution in [0.5, 0.6) is 0 Å². The first-order chi connectivity index (χ1) is 5.13. The Labute approximate surface area is 72.2 Å². The van der Waals surface area contributed by atoms with Gasteiger partial charge in [0, 0.05) is 0 Å². The van der Waals surface area contributed by atoms with E-state index in [0.29, 0.717) is 6.61 Å². The molecule has 0 spiro atoms. The summed E-state index contributed by atoms with van der Waals surface area (Å²) >= 11 is 5.34. The SMILES string of the molecule is CCOC(=O)[C@@H](NCl)C(C)C. The number of hydrogen-bond donors (Lipinski definition) is 1. The van der Waals surface area contributed by atoms with Crippen molar-refractivity contribution in [3.8, 4) is 0 Å². The van der Waals surface area contributed by atoms with E-state index in [-0.39, 0.29) is 11.9 Å². The fourth-order valence-corrected chi connectivity index (χ4v) is 1.02. The highest BCUT2D eigenvalue weighted by atomic mass is 35.5. The van der Waals surface area contributed by atoms with Gasteiger partial charge in [-0.1, -0.05) is 13.8 Å². The quantitative estimate of drug-likeness (QED) is 0.523. The van der Waals surface area contributed by atoms with Gasteiger partial charge < -0.3 is 4.74 Å². The predicted octanol–water partition coefficient (Wildman–Crippen LogP) is 1.32. The molecule has 0 saturated heterocycles. The minimum absolute atomic E-state index is 0.145. The Morgan fingerprint density at radius 3 is 2.45 bits per heavy atom. The first-order valence-electron chi connectivity index (χ1n) is 3.66. The summed E-state index contributed by atoms with van der Waals surface area (Å²) < 4.78 is 4.77. The van der Waals surface area contributed by atoms with E-state index in [1.807, 2.05) is 13.8 Å². The van der Waals surface area contributed by atoms with Gasteiger partial charge in [0.1, 0.15) is 6.04 Å². The van der Waals surface area contributed by atoms with Crippen molar-refractivity contribution in [1.82, 2.24) is 4.84 Å². The van der Waals surface area contributed by atoms with Gasteiger partial charge in [-0.3, -0.25) is 4.79 Å². The molecule has 4 heteroatoms. The molecule has 1 N–H and O–H groups in total. The topological polar surface area (TPSA) is 38.3 Å². The van der Waals surface area contributed by atoms with E-state index >= 15 is 0 Å². The highest BCUT2D eigenvalue weighted by Crippen LogP contribution is 2.04. The summed E-state index contributed by atoms with van der Waals surface area (Å²) in [6.07, 6.45) is 0. The normalized spacial score (nSPS) is 13.2. The number of nitrogens with one attached hydrogen (secondary N) is 1. The van der Waals surface area contributed by atoms with Crippen molar-refractivity contribution in [2.45, 2.75) is 26.8 Å². The third kappa shape index (κ3) is 3.58. The van der Waals surface area contributed by atoms with Crippen molar-refractivity contribution in [3.63, 3.8) is 0 Å². The molecule has 3 nitrogen and oxygen atoms in total. The molecule has 1 atom stereocenters. The van der Waals surface area contributed by atoms with E-state index in [1.165, 1.54) is 0 Å². The van der Waals surface area contributed by atoms with Gasteiger partial charge in [0.05, 0.1) is 6.61 Å². The van der Waals surface area contributed by atoms with Gasteiger partial charge in [-0.05, 0) is 24.6 Å². The Kier molecular flexibility index (Phi) is 5.24. The smallest absolute Gasteiger partial charge is 0.324 e. The molecule has 0 rings (SSSR count). The molecule has 0 fully saturated rings. The van der Waals surface area contributed by atoms with Crippen LogP contribution in [0.1, 0.15) is 20.8 Å². The number of hydrogen-bond acceptors (Lipinski definition) is 3. The van der Waals surface area contributed by atoms with Crippen molar-refractivity contribution in [2.75, 3.05) is 6.61 Å². The fraction of sp³-hybridized carbons (Fsp3) is 0.857. The van der Waals surface area contributed by atoms with Crippen LogP contribution >= 0.6 is 11.8 Å². The minimum Gasteiger partial charge on any atom is -0.465 e. The zero-order valence-electron chi connectivity index (χ0n) is 7.06. The monoisotopic (exact) mass is 179 g/mol. The maximum Gasteiger partial charge on any atom is 0.324 e. The molecule has 0 unspecified atom stereocenters. The Morgan fingerprint density at radius 1 is 1.64 bits per heavy atom. The van der Waals surface area contributed by atoms with Crippen LogP contribution in [0.2, 0.25) is 0 Å². The van der Waals surface area contributed by atoms with E-state index < -0.39 is 6.04 Å². The van der Waals surface area contributed by atoms with Crippen molar-refractivity contribution >= 4 is 17.7 Å². The van der Waals surface area contributed by atoms with Crippen LogP contribution in [0.15, 0.2) is 0 Å². The Morgan fingerprint density at radius 2 is 2.18 bits per heavy atom. The average Bonchev–Trinajstić information content (AvgIpc) is 1.88. The van der Waals surface area contributed by atoms with Gasteiger partial charge in [-0.2, -0.15) is 0 Å². The fourth-order valence-electron chi connectivity index (χ4n) is 0.675. The number of ether oxygens (including phenoxy) is 1. The highest BCUT2D eigenvalue weighted by molar-refractivity contribution is 6.14. The van der Waals surface area contributed by atoms with Crippen molar-refractivity contribution in [2.24, 2.45) is 5.92 Å². The molecule has 11 heavy (non-hydrogen) atoms. The van der Waals surface area contributed by atoms with Crippen LogP contribution in [0.25, 0.3) is 0 Å². The van der Waals surface area contributed by atoms with Crippen LogP contribution in [0.4, 0.5) is 0 Å². The van der Waals surface area contributed by atoms with Gasteiger partial charge in [0.15, 0.2) is 0 Å². The van der Waals surface area contributed by atoms with Crippen LogP contribution in [-0.2, 0) is 9.53 Å². The van der Waals surface area contributed by atoms with Crippen LogP contribution in [-0.4, -0.2) is 18.6 Å². The summed E-state index contributed by atoms with van der Waals surface area (Å²) in [7, 11) is 0. The molecule has 0 aromatic rings. The van der Waals surface area contributed by atoms with Crippen molar-refractivity contribution in [3.05, 3.63) is 0 Å². The third-order valence-electron chi connectivity index (χ3n) is 1.32. The molecule has 0 saturated carbocycles. The number of carbonyl (C=O) groups excluding carboxylic acids is 1. The van der Waals surface area contributed by atoms with E-state index in [9.17, 15) is 4.79 Å². The third-order valence-corrected chi connectivity index (χ3v) is 1.56. The lowest BCUT2D eigenvalue weighted by molar-refractivity contribution is -0.146. The van der Waals surface area contributed by atoms with Gasteiger partial charge in [-0.25, -0.2) is 4.84 Å². The van der Waals surface area contributed by atoms with E-state index in [2.05, 4.69) is 4.84 Å². The average molecular weight is 180 g/mol. The lowest BCUT2D eigenvalue weighted by Gasteiger charge is -2.15. The summed E-state index contributed by atoms with van der Waals surface area (Å²) in [5.74, 6) is -0.149. The Hall–Kier alpha value is -0.280. The number of esters is 1. The maximum atomic E-state index is 11.0. The second-order valence-electron chi connectivity index (χ2n) is 2.58. The second kappa shape index (κ2) is 5.38. The van der Waals surface area contributed by atoms with Crippen LogP contribution in [0.3, 0.4) is 0 Å². The van der Waals surface area contributed by atoms with Crippen molar-refractivity contribution in [1.29, 1.82) is 0 Å². The molecule has 0 heterocycles. The summed E-state index contributed by atoms with van der Waals surface area (Å²) in [4.78, 5) is 13.4. The minimum atomic E-state index is -0.406. The zero-order chi connectivity index (χ0) is 8.85. The lowest BCUT2D eigenvalue weighted by atomic mass is 10.1. The highest BCUT2D eigenvalue weighted by Gasteiger charge is 2.21. The summed E-state index contributed by atoms with van der Waals surface area (Å²) in [5, 5.41) is 0. The number of halogens is 1. The first kappa shape index (κ1) is 10.7. The lowest BCUT2D eigenvalue weighted by Crippen LogP contribution is -2.37. The molecule has 0 aliphatic carbocycles. The number of rotatable bonds is 4. The van der Waals surface area contributed by atoms with E-state index in [4.69, 9.17) is 16.5 Å². The summed E-state index contributed by atoms with van der Waals surface area (Å²) in [6, 6.07) is -0.406. The summed E-state index contributed by atoms with van der Waals surface area (Å²) in [5.41, 5.74) is 0. The summed E-state index contributed by atoms with van der Waals surface area (Å²) in [6.45, 7) is 5.96. The van der Waals surface area contributed by atoms with Gasteiger partial charge in [0.2, 0.25) is 0 Å². The molecule has 66 valence electrons. The van der Waals surface area contributed by atoms with Gasteiger partial charge in [0.25, 0.3) is 0 Å². The largest absolute Gasteiger partial charge is 0.465 e. The standard InChI is InChI=1S/C7H14ClNO2/c1-4-11-7(10)6(9-8)5(2)3/h5-6,9H,4H2,1-3H3/t6-/m0/s1. The molecule has 0 aromatic carbocycles. The molecular formula is C7H14ClNO2. The van der Waals surface area contributed by atoms with Crippen LogP contribution < -0.4 is 4.84 Å². The maximum absolute atomic E-state index is 11.0. The van der Waals surface area contributed by atoms with Gasteiger partial charge >= 0.3 is 5.97 Å². The molecule has 0 aliphatic rings. The van der Waals surface area contributed by atoms with E-state index in [0.717, 1.165) is 0 Å². The molecule has 0 bridgehead atoms. The molecule has 0 aliphatic heterocycles. The first-order valence-corrected chi connectivity index (χ1v) is 4.04. The van der Waals surface area contributed by atoms with Crippen molar-refractivity contribution < 1.29 is 9.53 Å². The predicted molar refractivity (Wildman–Crippen MR) is 44.2 cm³/mol. The van der Waals surface area contributed by atoms with E-state index in [1.54, 1.807) is 6.92 Å².